The van der Waals surface area contributed by atoms with E-state index in [1.54, 1.807) is 0 Å². The maximum absolute atomic E-state index is 6.15. The van der Waals surface area contributed by atoms with Gasteiger partial charge in [0.15, 0.2) is 5.96 Å². The number of likely N-dealkylation sites (tertiary alicyclic amines) is 1. The first-order chi connectivity index (χ1) is 10.7. The molecule has 6 heteroatoms. The van der Waals surface area contributed by atoms with Gasteiger partial charge in [0.25, 0.3) is 0 Å². The van der Waals surface area contributed by atoms with Gasteiger partial charge in [-0.05, 0) is 41.1 Å². The lowest BCUT2D eigenvalue weighted by Gasteiger charge is -2.34. The van der Waals surface area contributed by atoms with Gasteiger partial charge in [-0.15, -0.1) is 24.0 Å². The van der Waals surface area contributed by atoms with Crippen molar-refractivity contribution in [3.63, 3.8) is 0 Å². The van der Waals surface area contributed by atoms with Gasteiger partial charge >= 0.3 is 0 Å². The summed E-state index contributed by atoms with van der Waals surface area (Å²) in [6.07, 6.45) is 4.78. The zero-order valence-electron chi connectivity index (χ0n) is 13.9. The average molecular weight is 543 g/mol. The highest BCUT2D eigenvalue weighted by molar-refractivity contribution is 14.1. The third-order valence-corrected chi connectivity index (χ3v) is 4.79. The number of ether oxygens (including phenoxy) is 1. The molecule has 0 amide bonds. The molecule has 0 bridgehead atoms. The van der Waals surface area contributed by atoms with Crippen LogP contribution in [-0.2, 0) is 0 Å². The van der Waals surface area contributed by atoms with Gasteiger partial charge in [0.05, 0.1) is 3.57 Å². The van der Waals surface area contributed by atoms with Gasteiger partial charge < -0.3 is 15.0 Å². The number of hydrogen-bond acceptors (Lipinski definition) is 2. The van der Waals surface area contributed by atoms with Gasteiger partial charge in [-0.3, -0.25) is 4.99 Å². The summed E-state index contributed by atoms with van der Waals surface area (Å²) in [5.74, 6) is 2.04. The van der Waals surface area contributed by atoms with E-state index in [2.05, 4.69) is 56.9 Å². The Bertz CT molecular complexity index is 488. The molecule has 4 nitrogen and oxygen atoms in total. The minimum atomic E-state index is 0. The largest absolute Gasteiger partial charge is 0.489 e. The van der Waals surface area contributed by atoms with Crippen molar-refractivity contribution in [1.82, 2.24) is 10.2 Å². The fourth-order valence-corrected chi connectivity index (χ4v) is 3.13. The Balaban J connectivity index is 0.00000264. The monoisotopic (exact) mass is 543 g/mol. The minimum absolute atomic E-state index is 0. The van der Waals surface area contributed by atoms with Crippen molar-refractivity contribution in [3.05, 3.63) is 27.8 Å². The Labute approximate surface area is 170 Å². The summed E-state index contributed by atoms with van der Waals surface area (Å²) in [7, 11) is 1.86. The smallest absolute Gasteiger partial charge is 0.193 e. The molecule has 0 aliphatic carbocycles. The summed E-state index contributed by atoms with van der Waals surface area (Å²) < 4.78 is 7.33. The number of halogens is 2. The van der Waals surface area contributed by atoms with E-state index in [4.69, 9.17) is 4.74 Å². The van der Waals surface area contributed by atoms with E-state index in [1.165, 1.54) is 16.4 Å². The molecule has 130 valence electrons. The van der Waals surface area contributed by atoms with Gasteiger partial charge in [0, 0.05) is 39.5 Å². The molecule has 0 saturated carbocycles. The molecule has 1 heterocycles. The zero-order valence-corrected chi connectivity index (χ0v) is 18.4. The maximum atomic E-state index is 6.15. The second kappa shape index (κ2) is 11.3. The molecule has 1 N–H and O–H groups in total. The van der Waals surface area contributed by atoms with Gasteiger partial charge in [-0.2, -0.15) is 0 Å². The predicted octanol–water partition coefficient (Wildman–Crippen LogP) is 4.13. The molecule has 0 spiro atoms. The van der Waals surface area contributed by atoms with Crippen LogP contribution < -0.4 is 10.1 Å². The summed E-state index contributed by atoms with van der Waals surface area (Å²) in [4.78, 5) is 6.73. The number of piperidine rings is 1. The average Bonchev–Trinajstić information content (AvgIpc) is 2.55. The second-order valence-corrected chi connectivity index (χ2v) is 6.72. The number of guanidine groups is 1. The maximum Gasteiger partial charge on any atom is 0.193 e. The van der Waals surface area contributed by atoms with E-state index in [0.717, 1.165) is 44.2 Å². The van der Waals surface area contributed by atoms with Gasteiger partial charge in [-0.25, -0.2) is 0 Å². The lowest BCUT2D eigenvalue weighted by Crippen LogP contribution is -2.47. The molecule has 1 saturated heterocycles. The molecule has 1 aromatic rings. The lowest BCUT2D eigenvalue weighted by molar-refractivity contribution is 0.128. The SMILES string of the molecule is CCCCNC(=NC)N1CCC(Oc2ccccc2I)CC1.I. The molecule has 1 aliphatic rings. The number of nitrogens with one attached hydrogen (secondary N) is 1. The summed E-state index contributed by atoms with van der Waals surface area (Å²) in [6, 6.07) is 8.22. The lowest BCUT2D eigenvalue weighted by atomic mass is 10.1. The Morgan fingerprint density at radius 1 is 1.35 bits per heavy atom. The van der Waals surface area contributed by atoms with Crippen LogP contribution in [0.25, 0.3) is 0 Å². The molecule has 23 heavy (non-hydrogen) atoms. The minimum Gasteiger partial charge on any atom is -0.489 e. The number of rotatable bonds is 5. The number of unbranched alkanes of at least 4 members (excludes halogenated alkanes) is 1. The topological polar surface area (TPSA) is 36.9 Å². The van der Waals surface area contributed by atoms with Gasteiger partial charge in [0.1, 0.15) is 11.9 Å². The molecular formula is C17H27I2N3O. The van der Waals surface area contributed by atoms with Crippen LogP contribution in [0.5, 0.6) is 5.75 Å². The van der Waals surface area contributed by atoms with Crippen molar-refractivity contribution in [3.8, 4) is 5.75 Å². The van der Waals surface area contributed by atoms with Crippen LogP contribution in [0, 0.1) is 3.57 Å². The fourth-order valence-electron chi connectivity index (χ4n) is 2.61. The third-order valence-electron chi connectivity index (χ3n) is 3.90. The highest BCUT2D eigenvalue weighted by atomic mass is 127. The Hall–Kier alpha value is -0.250. The summed E-state index contributed by atoms with van der Waals surface area (Å²) in [5, 5.41) is 3.45. The first-order valence-electron chi connectivity index (χ1n) is 8.11. The summed E-state index contributed by atoms with van der Waals surface area (Å²) in [5.41, 5.74) is 0. The molecular weight excluding hydrogens is 516 g/mol. The van der Waals surface area contributed by atoms with E-state index in [9.17, 15) is 0 Å². The first-order valence-corrected chi connectivity index (χ1v) is 9.19. The van der Waals surface area contributed by atoms with E-state index in [-0.39, 0.29) is 24.0 Å². The van der Waals surface area contributed by atoms with Crippen LogP contribution >= 0.6 is 46.6 Å². The highest BCUT2D eigenvalue weighted by Crippen LogP contribution is 2.24. The number of para-hydroxylation sites is 1. The molecule has 2 rings (SSSR count). The van der Waals surface area contributed by atoms with Crippen molar-refractivity contribution < 1.29 is 4.74 Å². The van der Waals surface area contributed by atoms with E-state index in [1.807, 2.05) is 19.2 Å². The van der Waals surface area contributed by atoms with Crippen molar-refractivity contribution >= 4 is 52.5 Å². The van der Waals surface area contributed by atoms with Crippen LogP contribution in [0.3, 0.4) is 0 Å². The predicted molar refractivity (Wildman–Crippen MR) is 116 cm³/mol. The second-order valence-electron chi connectivity index (χ2n) is 5.56. The van der Waals surface area contributed by atoms with Crippen LogP contribution in [0.15, 0.2) is 29.3 Å². The van der Waals surface area contributed by atoms with Gasteiger partial charge in [-0.1, -0.05) is 25.5 Å². The van der Waals surface area contributed by atoms with E-state index in [0.29, 0.717) is 6.10 Å². The van der Waals surface area contributed by atoms with Gasteiger partial charge in [0.2, 0.25) is 0 Å². The molecule has 0 atom stereocenters. The quantitative estimate of drug-likeness (QED) is 0.263. The first kappa shape index (κ1) is 20.8. The molecule has 1 aromatic carbocycles. The van der Waals surface area contributed by atoms with Crippen molar-refractivity contribution in [2.45, 2.75) is 38.7 Å². The standard InChI is InChI=1S/C17H26IN3O.HI/c1-3-4-11-20-17(19-2)21-12-9-14(10-13-21)22-16-8-6-5-7-15(16)18;/h5-8,14H,3-4,9-13H2,1-2H3,(H,19,20);1H. The fraction of sp³-hybridized carbons (Fsp3) is 0.588. The molecule has 1 aliphatic heterocycles. The summed E-state index contributed by atoms with van der Waals surface area (Å²) >= 11 is 2.33. The molecule has 1 fully saturated rings. The molecule has 0 unspecified atom stereocenters. The number of nitrogens with zero attached hydrogens (tertiary/aromatic N) is 2. The van der Waals surface area contributed by atoms with Crippen molar-refractivity contribution in [2.24, 2.45) is 4.99 Å². The van der Waals surface area contributed by atoms with Crippen LogP contribution in [0.1, 0.15) is 32.6 Å². The number of hydrogen-bond donors (Lipinski definition) is 1. The van der Waals surface area contributed by atoms with E-state index < -0.39 is 0 Å². The van der Waals surface area contributed by atoms with E-state index >= 15 is 0 Å². The Morgan fingerprint density at radius 2 is 2.04 bits per heavy atom. The molecule has 0 radical (unpaired) electrons. The van der Waals surface area contributed by atoms with Crippen molar-refractivity contribution in [1.29, 1.82) is 0 Å². The number of benzene rings is 1. The zero-order chi connectivity index (χ0) is 15.8. The Morgan fingerprint density at radius 3 is 2.65 bits per heavy atom. The van der Waals surface area contributed by atoms with Crippen molar-refractivity contribution in [2.75, 3.05) is 26.7 Å². The molecule has 0 aromatic heterocycles. The number of aliphatic imine (C=N–C) groups is 1. The highest BCUT2D eigenvalue weighted by Gasteiger charge is 2.22. The third kappa shape index (κ3) is 6.64. The Kier molecular flexibility index (Phi) is 10.2. The summed E-state index contributed by atoms with van der Waals surface area (Å²) in [6.45, 7) is 5.21. The van der Waals surface area contributed by atoms with Crippen LogP contribution in [0.2, 0.25) is 0 Å². The normalized spacial score (nSPS) is 16.0. The van der Waals surface area contributed by atoms with Crippen LogP contribution in [0.4, 0.5) is 0 Å². The van der Waals surface area contributed by atoms with Crippen LogP contribution in [-0.4, -0.2) is 43.6 Å².